The summed E-state index contributed by atoms with van der Waals surface area (Å²) in [5.41, 5.74) is 0.952. The number of ketones is 1. The highest BCUT2D eigenvalue weighted by Crippen LogP contribution is 2.69. The Bertz CT molecular complexity index is 1180. The monoisotopic (exact) mass is 511 g/mol. The molecule has 1 N–H and O–H groups in total. The highest BCUT2D eigenvalue weighted by Gasteiger charge is 2.62. The second kappa shape index (κ2) is 9.11. The maximum absolute atomic E-state index is 13.7. The van der Waals surface area contributed by atoms with Crippen LogP contribution in [0.5, 0.6) is 0 Å². The van der Waals surface area contributed by atoms with Crippen LogP contribution in [0.25, 0.3) is 11.0 Å². The second-order valence-corrected chi connectivity index (χ2v) is 13.3. The maximum Gasteiger partial charge on any atom is 0.157 e. The molecule has 7 heteroatoms. The summed E-state index contributed by atoms with van der Waals surface area (Å²) in [6, 6.07) is 4.45. The topological polar surface area (TPSA) is 77.2 Å². The summed E-state index contributed by atoms with van der Waals surface area (Å²) in [5, 5.41) is 19.2. The molecule has 0 amide bonds. The second-order valence-electron chi connectivity index (χ2n) is 13.3. The minimum Gasteiger partial charge on any atom is -0.390 e. The number of rotatable bonds is 6. The minimum atomic E-state index is -0.542. The summed E-state index contributed by atoms with van der Waals surface area (Å²) in [5.74, 6) is 2.41. The molecule has 37 heavy (non-hydrogen) atoms. The smallest absolute Gasteiger partial charge is 0.157 e. The molecule has 6 nitrogen and oxygen atoms in total. The van der Waals surface area contributed by atoms with Crippen molar-refractivity contribution in [2.45, 2.75) is 90.2 Å². The summed E-state index contributed by atoms with van der Waals surface area (Å²) in [6.07, 6.45) is 10.7. The number of Topliss-reactive ketones (excluding diaryl/α,β-unsaturated/α-hetero) is 1. The van der Waals surface area contributed by atoms with Crippen molar-refractivity contribution in [2.75, 3.05) is 13.7 Å². The molecule has 0 bridgehead atoms. The first kappa shape index (κ1) is 25.4. The van der Waals surface area contributed by atoms with Crippen molar-refractivity contribution in [3.05, 3.63) is 24.0 Å². The van der Waals surface area contributed by atoms with Crippen LogP contribution in [0, 0.1) is 46.2 Å². The van der Waals surface area contributed by atoms with E-state index in [0.29, 0.717) is 34.7 Å². The van der Waals surface area contributed by atoms with Crippen LogP contribution in [0.15, 0.2) is 18.2 Å². The van der Waals surface area contributed by atoms with Crippen molar-refractivity contribution in [3.8, 4) is 0 Å². The van der Waals surface area contributed by atoms with E-state index in [2.05, 4.69) is 17.2 Å². The summed E-state index contributed by atoms with van der Waals surface area (Å²) >= 11 is 0. The molecule has 4 fully saturated rings. The van der Waals surface area contributed by atoms with Gasteiger partial charge >= 0.3 is 0 Å². The number of hydrogen-bond donors (Lipinski definition) is 1. The van der Waals surface area contributed by atoms with Crippen LogP contribution in [0.3, 0.4) is 0 Å². The molecule has 0 spiro atoms. The van der Waals surface area contributed by atoms with E-state index >= 15 is 0 Å². The summed E-state index contributed by atoms with van der Waals surface area (Å²) in [7, 11) is 1.81. The predicted octanol–water partition coefficient (Wildman–Crippen LogP) is 5.57. The molecule has 4 aliphatic rings. The summed E-state index contributed by atoms with van der Waals surface area (Å²) < 4.78 is 20.9. The van der Waals surface area contributed by atoms with Crippen molar-refractivity contribution in [1.82, 2.24) is 15.0 Å². The van der Waals surface area contributed by atoms with Crippen LogP contribution in [0.1, 0.15) is 78.1 Å². The Balaban J connectivity index is 1.23. The first-order valence-electron chi connectivity index (χ1n) is 14.4. The Kier molecular flexibility index (Phi) is 6.26. The molecule has 1 aromatic carbocycles. The third-order valence-electron chi connectivity index (χ3n) is 11.6. The number of methoxy groups -OCH3 is 1. The fraction of sp³-hybridized carbons (Fsp3) is 0.767. The van der Waals surface area contributed by atoms with Crippen molar-refractivity contribution in [2.24, 2.45) is 40.4 Å². The number of hydrogen-bond acceptors (Lipinski definition) is 5. The number of fused-ring (bicyclic) bond motifs is 6. The van der Waals surface area contributed by atoms with Gasteiger partial charge in [0.2, 0.25) is 0 Å². The lowest BCUT2D eigenvalue weighted by molar-refractivity contribution is -0.163. The van der Waals surface area contributed by atoms with Gasteiger partial charge in [0.1, 0.15) is 17.9 Å². The number of nitrogens with zero attached hydrogens (tertiary/aromatic N) is 3. The predicted molar refractivity (Wildman–Crippen MR) is 139 cm³/mol. The van der Waals surface area contributed by atoms with Crippen molar-refractivity contribution in [3.63, 3.8) is 0 Å². The highest BCUT2D eigenvalue weighted by atomic mass is 19.1. The van der Waals surface area contributed by atoms with Gasteiger partial charge in [0, 0.05) is 25.7 Å². The van der Waals surface area contributed by atoms with Crippen LogP contribution >= 0.6 is 0 Å². The molecule has 6 rings (SSSR count). The summed E-state index contributed by atoms with van der Waals surface area (Å²) in [4.78, 5) is 13.7. The van der Waals surface area contributed by atoms with Gasteiger partial charge in [-0.15, -0.1) is 5.10 Å². The van der Waals surface area contributed by atoms with Gasteiger partial charge in [0.25, 0.3) is 0 Å². The van der Waals surface area contributed by atoms with Gasteiger partial charge in [0.05, 0.1) is 11.1 Å². The fourth-order valence-electron chi connectivity index (χ4n) is 9.87. The van der Waals surface area contributed by atoms with E-state index in [1.165, 1.54) is 31.4 Å². The highest BCUT2D eigenvalue weighted by molar-refractivity contribution is 5.84. The molecule has 0 saturated heterocycles. The third kappa shape index (κ3) is 4.07. The zero-order chi connectivity index (χ0) is 26.0. The molecule has 4 aliphatic carbocycles. The molecular weight excluding hydrogens is 469 g/mol. The Morgan fingerprint density at radius 1 is 1.14 bits per heavy atom. The molecule has 0 radical (unpaired) electrons. The lowest BCUT2D eigenvalue weighted by atomic mass is 9.42. The van der Waals surface area contributed by atoms with Gasteiger partial charge in [-0.2, -0.15) is 0 Å². The SMILES string of the molecule is COCC[C@]12CC[C@@](C)(O)C[C@H]1CC[C@H]1[C@@H]3CC[C@H](C(=O)Cn4nnc5cc(F)ccc54)[C@@]3(C)CC[C@@H]12. The van der Waals surface area contributed by atoms with Crippen molar-refractivity contribution >= 4 is 16.8 Å². The first-order valence-corrected chi connectivity index (χ1v) is 14.4. The first-order chi connectivity index (χ1) is 17.7. The Labute approximate surface area is 219 Å². The molecule has 2 aromatic rings. The quantitative estimate of drug-likeness (QED) is 0.549. The molecular formula is C30H42FN3O3. The largest absolute Gasteiger partial charge is 0.390 e. The van der Waals surface area contributed by atoms with Gasteiger partial charge in [-0.05, 0) is 118 Å². The van der Waals surface area contributed by atoms with Crippen LogP contribution in [-0.4, -0.2) is 45.2 Å². The molecule has 0 unspecified atom stereocenters. The Hall–Kier alpha value is -1.86. The van der Waals surface area contributed by atoms with Crippen LogP contribution in [0.2, 0.25) is 0 Å². The Morgan fingerprint density at radius 2 is 1.97 bits per heavy atom. The van der Waals surface area contributed by atoms with Crippen LogP contribution < -0.4 is 0 Å². The van der Waals surface area contributed by atoms with E-state index in [4.69, 9.17) is 4.74 Å². The molecule has 1 heterocycles. The van der Waals surface area contributed by atoms with Gasteiger partial charge in [-0.3, -0.25) is 4.79 Å². The molecule has 8 atom stereocenters. The number of ether oxygens (including phenoxy) is 1. The lowest BCUT2D eigenvalue weighted by Gasteiger charge is -2.63. The standard InChI is InChI=1S/C30H42FN3O3/c1-28(36)12-13-30(14-15-37-3)19(17-28)4-6-21-22-7-8-24(29(22,2)11-10-23(21)30)27(35)18-34-26-9-5-20(31)16-25(26)32-33-34/h5,9,16,19,21-24,36H,4,6-8,10-15,17-18H2,1-3H3/t19-,21+,22+,23+,24-,28-,29+,30-/m1/s1. The zero-order valence-corrected chi connectivity index (χ0v) is 22.6. The maximum atomic E-state index is 13.7. The Morgan fingerprint density at radius 3 is 2.78 bits per heavy atom. The van der Waals surface area contributed by atoms with Crippen molar-refractivity contribution in [1.29, 1.82) is 0 Å². The molecule has 4 saturated carbocycles. The lowest BCUT2D eigenvalue weighted by Crippen LogP contribution is -2.57. The zero-order valence-electron chi connectivity index (χ0n) is 22.6. The average Bonchev–Trinajstić information content (AvgIpc) is 3.42. The number of carbonyl (C=O) groups excluding carboxylic acids is 1. The van der Waals surface area contributed by atoms with E-state index in [9.17, 15) is 14.3 Å². The number of aliphatic hydroxyl groups is 1. The van der Waals surface area contributed by atoms with Gasteiger partial charge in [0.15, 0.2) is 5.78 Å². The van der Waals surface area contributed by atoms with Crippen LogP contribution in [0.4, 0.5) is 4.39 Å². The van der Waals surface area contributed by atoms with E-state index in [1.807, 2.05) is 14.0 Å². The fourth-order valence-corrected chi connectivity index (χ4v) is 9.87. The molecule has 202 valence electrons. The van der Waals surface area contributed by atoms with E-state index < -0.39 is 5.60 Å². The number of benzene rings is 1. The number of carbonyl (C=O) groups is 1. The normalized spacial score (nSPS) is 41.3. The van der Waals surface area contributed by atoms with Gasteiger partial charge in [-0.1, -0.05) is 12.1 Å². The van der Waals surface area contributed by atoms with Gasteiger partial charge < -0.3 is 9.84 Å². The number of halogens is 1. The van der Waals surface area contributed by atoms with E-state index in [0.717, 1.165) is 51.6 Å². The minimum absolute atomic E-state index is 0.0240. The van der Waals surface area contributed by atoms with Crippen LogP contribution in [-0.2, 0) is 16.1 Å². The van der Waals surface area contributed by atoms with Crippen molar-refractivity contribution < 1.29 is 19.0 Å². The molecule has 0 aliphatic heterocycles. The number of aromatic nitrogens is 3. The van der Waals surface area contributed by atoms with E-state index in [1.54, 1.807) is 10.7 Å². The molecule has 1 aromatic heterocycles. The van der Waals surface area contributed by atoms with E-state index in [-0.39, 0.29) is 34.9 Å². The van der Waals surface area contributed by atoms with Gasteiger partial charge in [-0.25, -0.2) is 9.07 Å². The third-order valence-corrected chi connectivity index (χ3v) is 11.6. The summed E-state index contributed by atoms with van der Waals surface area (Å²) in [6.45, 7) is 5.41. The average molecular weight is 512 g/mol.